The van der Waals surface area contributed by atoms with E-state index in [9.17, 15) is 5.26 Å². The Morgan fingerprint density at radius 1 is 1.29 bits per heavy atom. The summed E-state index contributed by atoms with van der Waals surface area (Å²) >= 11 is 1.58. The van der Waals surface area contributed by atoms with E-state index in [0.29, 0.717) is 0 Å². The van der Waals surface area contributed by atoms with E-state index in [1.807, 2.05) is 29.6 Å². The SMILES string of the molecule is CCCc1nc(C(C#N)c2ccccn2)c2sccc2n1. The highest BCUT2D eigenvalue weighted by Crippen LogP contribution is 2.30. The molecule has 4 nitrogen and oxygen atoms in total. The van der Waals surface area contributed by atoms with E-state index < -0.39 is 5.92 Å². The first-order chi connectivity index (χ1) is 10.3. The van der Waals surface area contributed by atoms with E-state index in [0.717, 1.165) is 40.3 Å². The summed E-state index contributed by atoms with van der Waals surface area (Å²) in [6.07, 6.45) is 3.51. The van der Waals surface area contributed by atoms with Crippen molar-refractivity contribution in [1.29, 1.82) is 5.26 Å². The maximum atomic E-state index is 9.60. The standard InChI is InChI=1S/C16H14N4S/c1-2-5-14-19-13-7-9-21-16(13)15(20-14)11(10-17)12-6-3-4-8-18-12/h3-4,6-9,11H,2,5H2,1H3. The summed E-state index contributed by atoms with van der Waals surface area (Å²) in [7, 11) is 0. The average Bonchev–Trinajstić information content (AvgIpc) is 2.98. The van der Waals surface area contributed by atoms with Gasteiger partial charge in [0.25, 0.3) is 0 Å². The van der Waals surface area contributed by atoms with Crippen LogP contribution in [-0.4, -0.2) is 15.0 Å². The van der Waals surface area contributed by atoms with Gasteiger partial charge in [-0.1, -0.05) is 13.0 Å². The molecule has 104 valence electrons. The highest BCUT2D eigenvalue weighted by Gasteiger charge is 2.21. The number of hydrogen-bond acceptors (Lipinski definition) is 5. The average molecular weight is 294 g/mol. The summed E-state index contributed by atoms with van der Waals surface area (Å²) in [5, 5.41) is 11.6. The molecule has 5 heteroatoms. The first-order valence-electron chi connectivity index (χ1n) is 6.88. The van der Waals surface area contributed by atoms with Gasteiger partial charge in [0.05, 0.1) is 27.7 Å². The number of aryl methyl sites for hydroxylation is 1. The lowest BCUT2D eigenvalue weighted by atomic mass is 10.0. The number of fused-ring (bicyclic) bond motifs is 1. The molecule has 0 aliphatic heterocycles. The summed E-state index contributed by atoms with van der Waals surface area (Å²) in [5.41, 5.74) is 2.43. The van der Waals surface area contributed by atoms with Gasteiger partial charge in [0, 0.05) is 12.6 Å². The summed E-state index contributed by atoms with van der Waals surface area (Å²) in [5.74, 6) is 0.348. The zero-order valence-corrected chi connectivity index (χ0v) is 12.5. The lowest BCUT2D eigenvalue weighted by molar-refractivity contribution is 0.815. The summed E-state index contributed by atoms with van der Waals surface area (Å²) < 4.78 is 0.979. The van der Waals surface area contributed by atoms with E-state index >= 15 is 0 Å². The molecule has 3 heterocycles. The number of aromatic nitrogens is 3. The Kier molecular flexibility index (Phi) is 3.89. The van der Waals surface area contributed by atoms with E-state index in [4.69, 9.17) is 0 Å². The molecule has 0 aromatic carbocycles. The molecule has 3 rings (SSSR count). The minimum atomic E-state index is -0.453. The normalized spacial score (nSPS) is 12.2. The number of nitrogens with zero attached hydrogens (tertiary/aromatic N) is 4. The molecule has 0 aliphatic carbocycles. The van der Waals surface area contributed by atoms with Crippen LogP contribution in [0.5, 0.6) is 0 Å². The largest absolute Gasteiger partial charge is 0.259 e. The van der Waals surface area contributed by atoms with Gasteiger partial charge in [-0.25, -0.2) is 9.97 Å². The first kappa shape index (κ1) is 13.7. The van der Waals surface area contributed by atoms with Crippen molar-refractivity contribution >= 4 is 21.6 Å². The maximum Gasteiger partial charge on any atom is 0.132 e. The van der Waals surface area contributed by atoms with E-state index in [2.05, 4.69) is 27.9 Å². The highest BCUT2D eigenvalue weighted by atomic mass is 32.1. The second-order valence-electron chi connectivity index (χ2n) is 4.73. The van der Waals surface area contributed by atoms with Crippen molar-refractivity contribution in [2.45, 2.75) is 25.7 Å². The molecule has 1 atom stereocenters. The molecule has 0 radical (unpaired) electrons. The minimum Gasteiger partial charge on any atom is -0.259 e. The summed E-state index contributed by atoms with van der Waals surface area (Å²) in [4.78, 5) is 13.5. The minimum absolute atomic E-state index is 0.453. The fraction of sp³-hybridized carbons (Fsp3) is 0.250. The molecular weight excluding hydrogens is 280 g/mol. The number of pyridine rings is 1. The molecule has 21 heavy (non-hydrogen) atoms. The van der Waals surface area contributed by atoms with Gasteiger partial charge in [-0.2, -0.15) is 5.26 Å². The van der Waals surface area contributed by atoms with Crippen LogP contribution in [0.15, 0.2) is 35.8 Å². The van der Waals surface area contributed by atoms with Gasteiger partial charge >= 0.3 is 0 Å². The third-order valence-electron chi connectivity index (χ3n) is 3.24. The van der Waals surface area contributed by atoms with Crippen LogP contribution in [-0.2, 0) is 6.42 Å². The molecule has 3 aromatic rings. The lowest BCUT2D eigenvalue weighted by Crippen LogP contribution is -2.07. The van der Waals surface area contributed by atoms with Crippen molar-refractivity contribution in [3.8, 4) is 6.07 Å². The maximum absolute atomic E-state index is 9.60. The second kappa shape index (κ2) is 5.98. The Morgan fingerprint density at radius 3 is 2.90 bits per heavy atom. The van der Waals surface area contributed by atoms with Gasteiger partial charge in [-0.15, -0.1) is 11.3 Å². The van der Waals surface area contributed by atoms with Gasteiger partial charge in [0.1, 0.15) is 11.7 Å². The topological polar surface area (TPSA) is 62.5 Å². The van der Waals surface area contributed by atoms with Crippen LogP contribution in [0.25, 0.3) is 10.2 Å². The third-order valence-corrected chi connectivity index (χ3v) is 4.16. The Hall–Kier alpha value is -2.32. The van der Waals surface area contributed by atoms with Crippen molar-refractivity contribution < 1.29 is 0 Å². The first-order valence-corrected chi connectivity index (χ1v) is 7.76. The van der Waals surface area contributed by atoms with Crippen molar-refractivity contribution in [2.24, 2.45) is 0 Å². The van der Waals surface area contributed by atoms with Gasteiger partial charge in [-0.05, 0) is 30.0 Å². The molecule has 0 saturated heterocycles. The molecule has 0 saturated carbocycles. The van der Waals surface area contributed by atoms with Crippen LogP contribution in [0, 0.1) is 11.3 Å². The number of hydrogen-bond donors (Lipinski definition) is 0. The number of thiophene rings is 1. The predicted octanol–water partition coefficient (Wildman–Crippen LogP) is 3.69. The van der Waals surface area contributed by atoms with E-state index in [1.54, 1.807) is 17.5 Å². The molecule has 0 N–H and O–H groups in total. The van der Waals surface area contributed by atoms with E-state index in [-0.39, 0.29) is 0 Å². The summed E-state index contributed by atoms with van der Waals surface area (Å²) in [6, 6.07) is 9.94. The molecule has 1 unspecified atom stereocenters. The third kappa shape index (κ3) is 2.63. The zero-order chi connectivity index (χ0) is 14.7. The van der Waals surface area contributed by atoms with E-state index in [1.165, 1.54) is 0 Å². The molecular formula is C16H14N4S. The molecule has 0 fully saturated rings. The lowest BCUT2D eigenvalue weighted by Gasteiger charge is -2.10. The second-order valence-corrected chi connectivity index (χ2v) is 5.64. The Bertz CT molecular complexity index is 789. The molecule has 0 bridgehead atoms. The monoisotopic (exact) mass is 294 g/mol. The number of nitriles is 1. The Labute approximate surface area is 127 Å². The molecule has 3 aromatic heterocycles. The van der Waals surface area contributed by atoms with Crippen LogP contribution in [0.4, 0.5) is 0 Å². The van der Waals surface area contributed by atoms with Crippen LogP contribution in [0.1, 0.15) is 36.5 Å². The van der Waals surface area contributed by atoms with Gasteiger partial charge in [0.15, 0.2) is 0 Å². The highest BCUT2D eigenvalue weighted by molar-refractivity contribution is 7.17. The van der Waals surface area contributed by atoms with Crippen molar-refractivity contribution in [1.82, 2.24) is 15.0 Å². The quantitative estimate of drug-likeness (QED) is 0.736. The van der Waals surface area contributed by atoms with Gasteiger partial charge in [0.2, 0.25) is 0 Å². The van der Waals surface area contributed by atoms with Crippen LogP contribution < -0.4 is 0 Å². The fourth-order valence-corrected chi connectivity index (χ4v) is 3.13. The Morgan fingerprint density at radius 2 is 2.19 bits per heavy atom. The smallest absolute Gasteiger partial charge is 0.132 e. The van der Waals surface area contributed by atoms with Crippen molar-refractivity contribution in [2.75, 3.05) is 0 Å². The number of rotatable bonds is 4. The summed E-state index contributed by atoms with van der Waals surface area (Å²) in [6.45, 7) is 2.10. The van der Waals surface area contributed by atoms with Crippen molar-refractivity contribution in [3.63, 3.8) is 0 Å². The van der Waals surface area contributed by atoms with Gasteiger partial charge in [-0.3, -0.25) is 4.98 Å². The fourth-order valence-electron chi connectivity index (χ4n) is 2.28. The molecule has 0 aliphatic rings. The van der Waals surface area contributed by atoms with Crippen LogP contribution in [0.2, 0.25) is 0 Å². The Balaban J connectivity index is 2.17. The zero-order valence-electron chi connectivity index (χ0n) is 11.7. The van der Waals surface area contributed by atoms with Crippen LogP contribution in [0.3, 0.4) is 0 Å². The van der Waals surface area contributed by atoms with Gasteiger partial charge < -0.3 is 0 Å². The molecule has 0 amide bonds. The predicted molar refractivity (Wildman–Crippen MR) is 83.1 cm³/mol. The van der Waals surface area contributed by atoms with Crippen molar-refractivity contribution in [3.05, 3.63) is 53.1 Å². The van der Waals surface area contributed by atoms with Crippen LogP contribution >= 0.6 is 11.3 Å². The molecule has 0 spiro atoms.